The largest absolute Gasteiger partial charge is 0.345 e. The third-order valence-corrected chi connectivity index (χ3v) is 2.87. The number of hydrogen-bond donors (Lipinski definition) is 2. The third-order valence-electron chi connectivity index (χ3n) is 2.87. The molecule has 106 valence electrons. The van der Waals surface area contributed by atoms with Gasteiger partial charge >= 0.3 is 0 Å². The van der Waals surface area contributed by atoms with Crippen molar-refractivity contribution in [3.05, 3.63) is 0 Å². The second-order valence-electron chi connectivity index (χ2n) is 4.46. The van der Waals surface area contributed by atoms with E-state index in [0.717, 1.165) is 6.54 Å². The molecule has 0 radical (unpaired) electrons. The summed E-state index contributed by atoms with van der Waals surface area (Å²) < 4.78 is 0. The van der Waals surface area contributed by atoms with E-state index in [1.165, 1.54) is 0 Å². The van der Waals surface area contributed by atoms with Crippen molar-refractivity contribution in [3.8, 4) is 0 Å². The van der Waals surface area contributed by atoms with Gasteiger partial charge in [0.05, 0.1) is 0 Å². The monoisotopic (exact) mass is 257 g/mol. The van der Waals surface area contributed by atoms with Crippen LogP contribution in [0.4, 0.5) is 0 Å². The van der Waals surface area contributed by atoms with Crippen molar-refractivity contribution in [1.29, 1.82) is 0 Å². The first-order valence-corrected chi connectivity index (χ1v) is 6.77. The minimum Gasteiger partial charge on any atom is -0.345 e. The second kappa shape index (κ2) is 8.91. The molecule has 0 aliphatic rings. The number of amides is 2. The normalized spacial score (nSPS) is 13.8. The van der Waals surface area contributed by atoms with Crippen LogP contribution in [0.25, 0.3) is 0 Å². The molecule has 0 bridgehead atoms. The number of hydrogen-bond acceptors (Lipinski definition) is 3. The van der Waals surface area contributed by atoms with Gasteiger partial charge in [-0.1, -0.05) is 6.92 Å². The van der Waals surface area contributed by atoms with E-state index in [0.29, 0.717) is 19.5 Å². The van der Waals surface area contributed by atoms with Crippen molar-refractivity contribution in [2.75, 3.05) is 19.6 Å². The molecule has 0 aromatic rings. The Morgan fingerprint density at radius 2 is 1.67 bits per heavy atom. The summed E-state index contributed by atoms with van der Waals surface area (Å²) in [7, 11) is 0. The quantitative estimate of drug-likeness (QED) is 0.674. The summed E-state index contributed by atoms with van der Waals surface area (Å²) in [6, 6.07) is -0.322. The maximum atomic E-state index is 11.9. The molecule has 5 heteroatoms. The molecule has 0 saturated carbocycles. The van der Waals surface area contributed by atoms with Crippen LogP contribution < -0.4 is 10.6 Å². The Kier molecular flexibility index (Phi) is 8.37. The molecule has 0 aromatic carbocycles. The van der Waals surface area contributed by atoms with E-state index in [2.05, 4.69) is 10.6 Å². The lowest BCUT2D eigenvalue weighted by Gasteiger charge is -2.24. The summed E-state index contributed by atoms with van der Waals surface area (Å²) >= 11 is 0. The van der Waals surface area contributed by atoms with Crippen molar-refractivity contribution < 1.29 is 9.59 Å². The minimum atomic E-state index is -0.453. The van der Waals surface area contributed by atoms with Crippen LogP contribution in [0, 0.1) is 0 Å². The highest BCUT2D eigenvalue weighted by Gasteiger charge is 2.20. The number of rotatable bonds is 8. The molecule has 2 atom stereocenters. The van der Waals surface area contributed by atoms with Crippen LogP contribution in [-0.2, 0) is 9.59 Å². The lowest BCUT2D eigenvalue weighted by atomic mass is 10.2. The van der Waals surface area contributed by atoms with E-state index >= 15 is 0 Å². The molecule has 0 rings (SSSR count). The maximum Gasteiger partial charge on any atom is 0.244 e. The molecule has 0 spiro atoms. The smallest absolute Gasteiger partial charge is 0.244 e. The van der Waals surface area contributed by atoms with Crippen LogP contribution in [0.3, 0.4) is 0 Å². The molecule has 0 saturated heterocycles. The zero-order valence-corrected chi connectivity index (χ0v) is 12.2. The summed E-state index contributed by atoms with van der Waals surface area (Å²) in [5.74, 6) is -0.110. The van der Waals surface area contributed by atoms with Gasteiger partial charge in [-0.2, -0.15) is 0 Å². The van der Waals surface area contributed by atoms with Crippen LogP contribution in [-0.4, -0.2) is 48.4 Å². The Balaban J connectivity index is 4.18. The Hall–Kier alpha value is -1.10. The number of carbonyl (C=O) groups is 2. The molecular formula is C13H27N3O2. The molecule has 2 unspecified atom stereocenters. The number of nitrogens with zero attached hydrogens (tertiary/aromatic N) is 1. The zero-order valence-electron chi connectivity index (χ0n) is 12.2. The van der Waals surface area contributed by atoms with Crippen LogP contribution >= 0.6 is 0 Å². The molecule has 0 aliphatic heterocycles. The summed E-state index contributed by atoms with van der Waals surface area (Å²) in [6.07, 6.45) is 0.393. The highest BCUT2D eigenvalue weighted by Crippen LogP contribution is 1.97. The predicted octanol–water partition coefficient (Wildman–Crippen LogP) is 0.748. The topological polar surface area (TPSA) is 61.4 Å². The van der Waals surface area contributed by atoms with Gasteiger partial charge in [0.15, 0.2) is 0 Å². The lowest BCUT2D eigenvalue weighted by molar-refractivity contribution is -0.135. The summed E-state index contributed by atoms with van der Waals surface area (Å²) in [5, 5.41) is 5.92. The van der Waals surface area contributed by atoms with Gasteiger partial charge in [-0.25, -0.2) is 0 Å². The molecule has 2 N–H and O–H groups in total. The molecule has 0 aromatic heterocycles. The fraction of sp³-hybridized carbons (Fsp3) is 0.846. The van der Waals surface area contributed by atoms with Gasteiger partial charge in [0.25, 0.3) is 0 Å². The van der Waals surface area contributed by atoms with E-state index in [-0.39, 0.29) is 17.9 Å². The third kappa shape index (κ3) is 6.00. The van der Waals surface area contributed by atoms with Gasteiger partial charge in [-0.05, 0) is 34.2 Å². The van der Waals surface area contributed by atoms with Crippen molar-refractivity contribution in [3.63, 3.8) is 0 Å². The fourth-order valence-electron chi connectivity index (χ4n) is 1.87. The average molecular weight is 257 g/mol. The standard InChI is InChI=1S/C13H27N3O2/c1-6-14-10(4)9-12(17)15-11(5)13(18)16(7-2)8-3/h10-11,14H,6-9H2,1-5H3,(H,15,17). The number of nitrogens with one attached hydrogen (secondary N) is 2. The molecule has 0 fully saturated rings. The zero-order chi connectivity index (χ0) is 14.1. The van der Waals surface area contributed by atoms with Gasteiger partial charge in [0, 0.05) is 25.6 Å². The first-order valence-electron chi connectivity index (χ1n) is 6.77. The molecule has 18 heavy (non-hydrogen) atoms. The van der Waals surface area contributed by atoms with E-state index in [1.54, 1.807) is 11.8 Å². The van der Waals surface area contributed by atoms with Crippen molar-refractivity contribution in [2.24, 2.45) is 0 Å². The van der Waals surface area contributed by atoms with Gasteiger partial charge in [-0.3, -0.25) is 9.59 Å². The van der Waals surface area contributed by atoms with Crippen LogP contribution in [0.1, 0.15) is 41.0 Å². The molecule has 5 nitrogen and oxygen atoms in total. The first-order chi connectivity index (χ1) is 8.46. The second-order valence-corrected chi connectivity index (χ2v) is 4.46. The van der Waals surface area contributed by atoms with E-state index in [4.69, 9.17) is 0 Å². The van der Waals surface area contributed by atoms with E-state index in [9.17, 15) is 9.59 Å². The molecule has 0 aliphatic carbocycles. The van der Waals surface area contributed by atoms with Crippen molar-refractivity contribution in [2.45, 2.75) is 53.1 Å². The number of likely N-dealkylation sites (N-methyl/N-ethyl adjacent to an activating group) is 1. The minimum absolute atomic E-state index is 0.0237. The van der Waals surface area contributed by atoms with Gasteiger partial charge in [0.1, 0.15) is 6.04 Å². The highest BCUT2D eigenvalue weighted by molar-refractivity contribution is 5.87. The molecule has 0 heterocycles. The summed E-state index contributed by atoms with van der Waals surface area (Å²) in [6.45, 7) is 11.7. The summed E-state index contributed by atoms with van der Waals surface area (Å²) in [4.78, 5) is 25.4. The van der Waals surface area contributed by atoms with Crippen LogP contribution in [0.2, 0.25) is 0 Å². The Bertz CT molecular complexity index is 265. The van der Waals surface area contributed by atoms with Crippen LogP contribution in [0.15, 0.2) is 0 Å². The van der Waals surface area contributed by atoms with Crippen LogP contribution in [0.5, 0.6) is 0 Å². The number of carbonyl (C=O) groups excluding carboxylic acids is 2. The first kappa shape index (κ1) is 16.9. The maximum absolute atomic E-state index is 11.9. The highest BCUT2D eigenvalue weighted by atomic mass is 16.2. The van der Waals surface area contributed by atoms with Crippen molar-refractivity contribution in [1.82, 2.24) is 15.5 Å². The fourth-order valence-corrected chi connectivity index (χ4v) is 1.87. The Labute approximate surface area is 110 Å². The summed E-state index contributed by atoms with van der Waals surface area (Å²) in [5.41, 5.74) is 0. The molecule has 2 amide bonds. The Morgan fingerprint density at radius 1 is 1.11 bits per heavy atom. The lowest BCUT2D eigenvalue weighted by Crippen LogP contribution is -2.47. The predicted molar refractivity (Wildman–Crippen MR) is 73.3 cm³/mol. The average Bonchev–Trinajstić information content (AvgIpc) is 2.30. The molecular weight excluding hydrogens is 230 g/mol. The van der Waals surface area contributed by atoms with E-state index in [1.807, 2.05) is 27.7 Å². The van der Waals surface area contributed by atoms with Gasteiger partial charge in [0.2, 0.25) is 11.8 Å². The SMILES string of the molecule is CCNC(C)CC(=O)NC(C)C(=O)N(CC)CC. The Morgan fingerprint density at radius 3 is 2.11 bits per heavy atom. The van der Waals surface area contributed by atoms with E-state index < -0.39 is 6.04 Å². The van der Waals surface area contributed by atoms with Gasteiger partial charge < -0.3 is 15.5 Å². The van der Waals surface area contributed by atoms with Crippen molar-refractivity contribution >= 4 is 11.8 Å². The van der Waals surface area contributed by atoms with Gasteiger partial charge in [-0.15, -0.1) is 0 Å².